The van der Waals surface area contributed by atoms with Gasteiger partial charge in [-0.25, -0.2) is 0 Å². The number of piperidine rings is 1. The highest BCUT2D eigenvalue weighted by molar-refractivity contribution is 5.63. The number of ether oxygens (including phenoxy) is 1. The molecule has 3 N–H and O–H groups in total. The lowest BCUT2D eigenvalue weighted by Gasteiger charge is -2.75. The SMILES string of the molecule is CC(C)(C)[C@@](C)(O)[C@H]1CC23CC[C@@]1(O)[C@H]1Oc4c(O)ccc5c4[C@@]12CCN(CC1CC1)C3C5. The Labute approximate surface area is 197 Å². The van der Waals surface area contributed by atoms with Gasteiger partial charge in [-0.2, -0.15) is 0 Å². The van der Waals surface area contributed by atoms with Crippen LogP contribution in [0.25, 0.3) is 0 Å². The summed E-state index contributed by atoms with van der Waals surface area (Å²) in [4.78, 5) is 2.77. The molecule has 0 radical (unpaired) electrons. The number of rotatable bonds is 3. The molecule has 0 aromatic heterocycles. The minimum Gasteiger partial charge on any atom is -0.504 e. The molecule has 1 aromatic carbocycles. The maximum atomic E-state index is 12.5. The van der Waals surface area contributed by atoms with Crippen molar-refractivity contribution in [3.8, 4) is 11.5 Å². The van der Waals surface area contributed by atoms with Crippen molar-refractivity contribution in [3.63, 3.8) is 0 Å². The molecule has 2 spiro atoms. The lowest BCUT2D eigenvalue weighted by atomic mass is 9.33. The summed E-state index contributed by atoms with van der Waals surface area (Å²) in [5.74, 6) is 1.39. The fraction of sp³-hybridized carbons (Fsp3) is 0.786. The van der Waals surface area contributed by atoms with Crippen LogP contribution in [0.2, 0.25) is 0 Å². The third-order valence-corrected chi connectivity index (χ3v) is 11.5. The first-order valence-corrected chi connectivity index (χ1v) is 13.2. The summed E-state index contributed by atoms with van der Waals surface area (Å²) >= 11 is 0. The molecular weight excluding hydrogens is 414 g/mol. The van der Waals surface area contributed by atoms with E-state index in [4.69, 9.17) is 4.74 Å². The lowest BCUT2D eigenvalue weighted by molar-refractivity contribution is -0.305. The molecule has 7 aliphatic rings. The molecule has 1 saturated heterocycles. The summed E-state index contributed by atoms with van der Waals surface area (Å²) in [5, 5.41) is 35.3. The van der Waals surface area contributed by atoms with Crippen molar-refractivity contribution in [1.82, 2.24) is 4.90 Å². The van der Waals surface area contributed by atoms with Crippen molar-refractivity contribution in [1.29, 1.82) is 0 Å². The first-order valence-electron chi connectivity index (χ1n) is 13.2. The van der Waals surface area contributed by atoms with E-state index in [0.717, 1.165) is 38.1 Å². The Morgan fingerprint density at radius 1 is 1.12 bits per heavy atom. The highest BCUT2D eigenvalue weighted by Gasteiger charge is 2.81. The molecule has 2 aliphatic heterocycles. The normalized spacial score (nSPS) is 44.8. The Bertz CT molecular complexity index is 1040. The molecule has 5 nitrogen and oxygen atoms in total. The average molecular weight is 454 g/mol. The maximum Gasteiger partial charge on any atom is 0.165 e. The monoisotopic (exact) mass is 453 g/mol. The van der Waals surface area contributed by atoms with Crippen LogP contribution in [0.15, 0.2) is 12.1 Å². The number of fused-ring (bicyclic) bond motifs is 2. The van der Waals surface area contributed by atoms with Gasteiger partial charge in [0.2, 0.25) is 0 Å². The van der Waals surface area contributed by atoms with Gasteiger partial charge in [0.15, 0.2) is 11.5 Å². The Morgan fingerprint density at radius 2 is 1.88 bits per heavy atom. The quantitative estimate of drug-likeness (QED) is 0.650. The first-order chi connectivity index (χ1) is 15.5. The second-order valence-electron chi connectivity index (χ2n) is 13.6. The van der Waals surface area contributed by atoms with Crippen molar-refractivity contribution in [2.75, 3.05) is 13.1 Å². The molecule has 0 amide bonds. The van der Waals surface area contributed by atoms with Gasteiger partial charge in [-0.1, -0.05) is 26.8 Å². The van der Waals surface area contributed by atoms with Gasteiger partial charge in [0, 0.05) is 34.9 Å². The topological polar surface area (TPSA) is 73.2 Å². The van der Waals surface area contributed by atoms with E-state index < -0.39 is 17.3 Å². The lowest BCUT2D eigenvalue weighted by Crippen LogP contribution is -2.82. The Morgan fingerprint density at radius 3 is 2.58 bits per heavy atom. The fourth-order valence-electron chi connectivity index (χ4n) is 9.26. The molecule has 7 atom stereocenters. The Hall–Kier alpha value is -1.30. The van der Waals surface area contributed by atoms with E-state index in [1.165, 1.54) is 30.5 Å². The maximum absolute atomic E-state index is 12.5. The van der Waals surface area contributed by atoms with Gasteiger partial charge in [0.25, 0.3) is 0 Å². The van der Waals surface area contributed by atoms with Crippen molar-refractivity contribution in [2.45, 2.75) is 101 Å². The number of aliphatic hydroxyl groups is 2. The Balaban J connectivity index is 1.46. The van der Waals surface area contributed by atoms with Crippen LogP contribution >= 0.6 is 0 Å². The summed E-state index contributed by atoms with van der Waals surface area (Å²) in [6.45, 7) is 10.4. The Kier molecular flexibility index (Phi) is 3.76. The summed E-state index contributed by atoms with van der Waals surface area (Å²) in [5.41, 5.74) is -0.323. The van der Waals surface area contributed by atoms with Crippen LogP contribution in [0.3, 0.4) is 0 Å². The minimum atomic E-state index is -1.11. The molecular formula is C28H39NO4. The number of phenols is 1. The zero-order chi connectivity index (χ0) is 23.2. The molecule has 33 heavy (non-hydrogen) atoms. The van der Waals surface area contributed by atoms with Gasteiger partial charge < -0.3 is 20.1 Å². The number of aromatic hydroxyl groups is 1. The van der Waals surface area contributed by atoms with Gasteiger partial charge >= 0.3 is 0 Å². The van der Waals surface area contributed by atoms with E-state index in [9.17, 15) is 15.3 Å². The largest absolute Gasteiger partial charge is 0.504 e. The third-order valence-electron chi connectivity index (χ3n) is 11.5. The third kappa shape index (κ3) is 2.22. The number of nitrogens with zero attached hydrogens (tertiary/aromatic N) is 1. The first kappa shape index (κ1) is 21.0. The fourth-order valence-corrected chi connectivity index (χ4v) is 9.26. The van der Waals surface area contributed by atoms with Crippen LogP contribution in [0.4, 0.5) is 0 Å². The predicted octanol–water partition coefficient (Wildman–Crippen LogP) is 3.76. The number of likely N-dealkylation sites (tertiary alicyclic amines) is 1. The molecule has 5 heteroatoms. The smallest absolute Gasteiger partial charge is 0.165 e. The summed E-state index contributed by atoms with van der Waals surface area (Å²) in [6, 6.07) is 4.30. The molecule has 8 rings (SSSR count). The highest BCUT2D eigenvalue weighted by Crippen LogP contribution is 2.77. The minimum absolute atomic E-state index is 0.0404. The van der Waals surface area contributed by atoms with Crippen LogP contribution in [-0.2, 0) is 11.8 Å². The van der Waals surface area contributed by atoms with Gasteiger partial charge in [-0.15, -0.1) is 0 Å². The molecule has 5 aliphatic carbocycles. The van der Waals surface area contributed by atoms with E-state index in [1.807, 2.05) is 6.92 Å². The van der Waals surface area contributed by atoms with Gasteiger partial charge in [0.05, 0.1) is 5.60 Å². The van der Waals surface area contributed by atoms with E-state index >= 15 is 0 Å². The van der Waals surface area contributed by atoms with E-state index in [1.54, 1.807) is 6.07 Å². The second-order valence-corrected chi connectivity index (χ2v) is 13.6. The van der Waals surface area contributed by atoms with E-state index in [0.29, 0.717) is 18.2 Å². The summed E-state index contributed by atoms with van der Waals surface area (Å²) in [7, 11) is 0. The molecule has 2 unspecified atom stereocenters. The highest BCUT2D eigenvalue weighted by atomic mass is 16.5. The second kappa shape index (κ2) is 5.91. The molecule has 180 valence electrons. The van der Waals surface area contributed by atoms with Gasteiger partial charge in [0.1, 0.15) is 11.7 Å². The van der Waals surface area contributed by atoms with Crippen LogP contribution in [0.5, 0.6) is 11.5 Å². The number of benzene rings is 1. The van der Waals surface area contributed by atoms with Crippen LogP contribution in [0, 0.1) is 22.7 Å². The summed E-state index contributed by atoms with van der Waals surface area (Å²) < 4.78 is 6.68. The molecule has 2 heterocycles. The van der Waals surface area contributed by atoms with Crippen LogP contribution in [-0.4, -0.2) is 56.7 Å². The molecule has 4 saturated carbocycles. The summed E-state index contributed by atoms with van der Waals surface area (Å²) in [6.07, 6.45) is 6.71. The standard InChI is InChI=1S/C28H39NO4/c1-24(2,3)25(4,31)19-14-26-9-10-28(19,32)23-27(26)11-12-29(15-16-5-6-16)20(26)13-17-7-8-18(30)22(33-23)21(17)27/h7-8,16,19-20,23,30-32H,5-6,9-15H2,1-4H3/t19-,20?,23+,25+,26?,27+,28+/m1/s1. The van der Waals surface area contributed by atoms with Crippen LogP contribution in [0.1, 0.15) is 77.3 Å². The number of hydrogen-bond acceptors (Lipinski definition) is 5. The van der Waals surface area contributed by atoms with Crippen molar-refractivity contribution >= 4 is 0 Å². The zero-order valence-corrected chi connectivity index (χ0v) is 20.5. The number of hydrogen-bond donors (Lipinski definition) is 3. The molecule has 5 fully saturated rings. The van der Waals surface area contributed by atoms with Gasteiger partial charge in [-0.05, 0) is 81.4 Å². The van der Waals surface area contributed by atoms with Crippen molar-refractivity contribution in [2.24, 2.45) is 22.7 Å². The zero-order valence-electron chi connectivity index (χ0n) is 20.5. The average Bonchev–Trinajstić information content (AvgIpc) is 3.48. The molecule has 4 bridgehead atoms. The van der Waals surface area contributed by atoms with E-state index in [2.05, 4.69) is 31.7 Å². The number of phenolic OH excluding ortho intramolecular Hbond substituents is 1. The van der Waals surface area contributed by atoms with E-state index in [-0.39, 0.29) is 27.9 Å². The van der Waals surface area contributed by atoms with Crippen LogP contribution < -0.4 is 4.74 Å². The molecule has 1 aromatic rings. The van der Waals surface area contributed by atoms with Gasteiger partial charge in [-0.3, -0.25) is 4.90 Å². The van der Waals surface area contributed by atoms with Crippen molar-refractivity contribution in [3.05, 3.63) is 23.3 Å². The predicted molar refractivity (Wildman–Crippen MR) is 125 cm³/mol. The van der Waals surface area contributed by atoms with Crippen molar-refractivity contribution < 1.29 is 20.1 Å².